The van der Waals surface area contributed by atoms with Gasteiger partial charge in [0.15, 0.2) is 11.6 Å². The van der Waals surface area contributed by atoms with E-state index in [1.165, 1.54) is 6.08 Å². The molecule has 2 bridgehead atoms. The molecule has 1 aromatic carbocycles. The topological polar surface area (TPSA) is 185 Å². The number of fused-ring (bicyclic) bond motifs is 2. The van der Waals surface area contributed by atoms with Crippen LogP contribution in [0.1, 0.15) is 18.1 Å². The van der Waals surface area contributed by atoms with E-state index in [1.54, 1.807) is 42.9 Å². The second kappa shape index (κ2) is 11.4. The number of nitrogens with two attached hydrogens (primary N) is 2. The quantitative estimate of drug-likeness (QED) is 0.193. The molecule has 13 nitrogen and oxygen atoms in total. The fourth-order valence-corrected chi connectivity index (χ4v) is 5.19. The van der Waals surface area contributed by atoms with Crippen LogP contribution < -0.4 is 26.6 Å². The van der Waals surface area contributed by atoms with Crippen molar-refractivity contribution in [2.75, 3.05) is 35.2 Å². The minimum absolute atomic E-state index is 0.0156. The van der Waals surface area contributed by atoms with Gasteiger partial charge in [-0.05, 0) is 42.7 Å². The summed E-state index contributed by atoms with van der Waals surface area (Å²) in [7, 11) is 0. The highest BCUT2D eigenvalue weighted by molar-refractivity contribution is 5.96. The number of nitrogens with one attached hydrogen (secondary N) is 1. The molecule has 6 rings (SSSR count). The highest BCUT2D eigenvalue weighted by atomic mass is 16.3. The molecule has 6 N–H and O–H groups in total. The number of hydrogen-bond donors (Lipinski definition) is 4. The smallest absolute Gasteiger partial charge is 0.268 e. The number of phenols is 1. The second-order valence-electron chi connectivity index (χ2n) is 9.79. The van der Waals surface area contributed by atoms with Gasteiger partial charge < -0.3 is 31.7 Å². The number of rotatable bonds is 6. The normalized spacial score (nSPS) is 17.6. The van der Waals surface area contributed by atoms with E-state index in [9.17, 15) is 9.90 Å². The predicted molar refractivity (Wildman–Crippen MR) is 157 cm³/mol. The molecular weight excluding hydrogens is 534 g/mol. The molecule has 2 fully saturated rings. The first kappa shape index (κ1) is 26.5. The van der Waals surface area contributed by atoms with E-state index in [2.05, 4.69) is 57.1 Å². The molecule has 13 heteroatoms. The summed E-state index contributed by atoms with van der Waals surface area (Å²) >= 11 is 0. The Morgan fingerprint density at radius 2 is 1.83 bits per heavy atom. The Bertz CT molecular complexity index is 1720. The van der Waals surface area contributed by atoms with Crippen molar-refractivity contribution in [2.24, 2.45) is 5.73 Å². The third-order valence-corrected chi connectivity index (χ3v) is 7.14. The largest absolute Gasteiger partial charge is 0.507 e. The lowest BCUT2D eigenvalue weighted by molar-refractivity contribution is -0.117. The number of aromatic hydroxyl groups is 1. The molecule has 0 radical (unpaired) electrons. The van der Waals surface area contributed by atoms with Crippen molar-refractivity contribution in [2.45, 2.75) is 18.5 Å². The van der Waals surface area contributed by atoms with Crippen LogP contribution in [-0.2, 0) is 4.79 Å². The summed E-state index contributed by atoms with van der Waals surface area (Å²) in [5.41, 5.74) is 14.0. The number of piperazine rings is 1. The maximum Gasteiger partial charge on any atom is 0.268 e. The summed E-state index contributed by atoms with van der Waals surface area (Å²) < 4.78 is 0. The van der Waals surface area contributed by atoms with Crippen LogP contribution in [0, 0.1) is 11.8 Å². The molecule has 210 valence electrons. The maximum absolute atomic E-state index is 12.2. The Hall–Kier alpha value is -5.77. The predicted octanol–water partition coefficient (Wildman–Crippen LogP) is 0.946. The molecule has 2 saturated heterocycles. The molecule has 0 spiro atoms. The van der Waals surface area contributed by atoms with Gasteiger partial charge in [-0.25, -0.2) is 19.9 Å². The average Bonchev–Trinajstić information content (AvgIpc) is 3.62. The van der Waals surface area contributed by atoms with Crippen LogP contribution >= 0.6 is 0 Å². The van der Waals surface area contributed by atoms with Gasteiger partial charge in [0.1, 0.15) is 17.3 Å². The van der Waals surface area contributed by atoms with E-state index >= 15 is 0 Å². The van der Waals surface area contributed by atoms with Crippen molar-refractivity contribution in [3.8, 4) is 28.8 Å². The highest BCUT2D eigenvalue weighted by Crippen LogP contribution is 2.39. The van der Waals surface area contributed by atoms with E-state index < -0.39 is 5.91 Å². The minimum Gasteiger partial charge on any atom is -0.507 e. The average molecular weight is 562 g/mol. The van der Waals surface area contributed by atoms with Gasteiger partial charge in [0.25, 0.3) is 5.91 Å². The molecule has 3 aromatic heterocycles. The lowest BCUT2D eigenvalue weighted by atomic mass is 10.1. The molecule has 0 aliphatic carbocycles. The molecular formula is C29H27N11O2. The number of aromatic nitrogens is 6. The van der Waals surface area contributed by atoms with E-state index in [0.717, 1.165) is 31.0 Å². The Labute approximate surface area is 241 Å². The van der Waals surface area contributed by atoms with Gasteiger partial charge in [-0.2, -0.15) is 0 Å². The van der Waals surface area contributed by atoms with Gasteiger partial charge in [-0.3, -0.25) is 4.79 Å². The third-order valence-electron chi connectivity index (χ3n) is 7.14. The van der Waals surface area contributed by atoms with Crippen LogP contribution in [0.2, 0.25) is 0 Å². The first-order valence-electron chi connectivity index (χ1n) is 13.3. The Morgan fingerprint density at radius 3 is 2.62 bits per heavy atom. The Morgan fingerprint density at radius 1 is 1.05 bits per heavy atom. The van der Waals surface area contributed by atoms with E-state index in [0.29, 0.717) is 28.7 Å². The first-order valence-corrected chi connectivity index (χ1v) is 13.3. The van der Waals surface area contributed by atoms with Gasteiger partial charge >= 0.3 is 0 Å². The maximum atomic E-state index is 12.2. The molecule has 4 aromatic rings. The van der Waals surface area contributed by atoms with Crippen molar-refractivity contribution in [3.05, 3.63) is 78.4 Å². The molecule has 1 amide bonds. The Balaban J connectivity index is 1.09. The summed E-state index contributed by atoms with van der Waals surface area (Å²) in [5.74, 6) is 7.29. The number of benzene rings is 1. The zero-order valence-electron chi connectivity index (χ0n) is 22.4. The lowest BCUT2D eigenvalue weighted by Crippen LogP contribution is -2.47. The first-order chi connectivity index (χ1) is 20.5. The number of para-hydroxylation sites is 1. The second-order valence-corrected chi connectivity index (χ2v) is 9.79. The van der Waals surface area contributed by atoms with Gasteiger partial charge in [0.05, 0.1) is 24.0 Å². The number of carbonyl (C=O) groups is 1. The van der Waals surface area contributed by atoms with Crippen molar-refractivity contribution in [3.63, 3.8) is 0 Å². The number of amides is 1. The van der Waals surface area contributed by atoms with Crippen molar-refractivity contribution in [1.82, 2.24) is 35.5 Å². The van der Waals surface area contributed by atoms with Crippen LogP contribution in [0.25, 0.3) is 17.3 Å². The molecule has 0 saturated carbocycles. The van der Waals surface area contributed by atoms with Crippen LogP contribution in [0.15, 0.2) is 66.8 Å². The van der Waals surface area contributed by atoms with Gasteiger partial charge in [-0.15, -0.1) is 10.2 Å². The number of phenolic OH excluding ortho intramolecular Hbond substituents is 1. The summed E-state index contributed by atoms with van der Waals surface area (Å²) in [6.07, 6.45) is 7.14. The highest BCUT2D eigenvalue weighted by Gasteiger charge is 2.44. The van der Waals surface area contributed by atoms with E-state index in [-0.39, 0.29) is 30.1 Å². The van der Waals surface area contributed by atoms with Gasteiger partial charge in [-0.1, -0.05) is 18.1 Å². The fraction of sp³-hybridized carbons (Fsp3) is 0.207. The molecule has 2 unspecified atom stereocenters. The third kappa shape index (κ3) is 5.46. The molecule has 42 heavy (non-hydrogen) atoms. The standard InChI is InChI=1S/C29H27N11O2/c30-21(14-26-32-10-4-11-33-26)29(42)35-9-3-7-25-34-12-8-27(36-25)40-17-18-13-19(40)16-39(18)23-15-22(37-38-28(23)31)20-5-1-2-6-24(20)41/h1-2,4-6,8,10-12,14-15,18-19,41H,9,13,16-17,30H2,(H2,31,38)(H,35,42)/b21-14-. The minimum atomic E-state index is -0.471. The summed E-state index contributed by atoms with van der Waals surface area (Å²) in [6, 6.07) is 12.9. The van der Waals surface area contributed by atoms with Crippen molar-refractivity contribution >= 4 is 29.3 Å². The zero-order valence-corrected chi connectivity index (χ0v) is 22.4. The summed E-state index contributed by atoms with van der Waals surface area (Å²) in [5, 5.41) is 21.3. The van der Waals surface area contributed by atoms with Crippen molar-refractivity contribution < 1.29 is 9.90 Å². The monoisotopic (exact) mass is 561 g/mol. The van der Waals surface area contributed by atoms with Crippen LogP contribution in [0.5, 0.6) is 5.75 Å². The number of nitrogen functional groups attached to an aromatic ring is 1. The molecule has 5 heterocycles. The molecule has 2 atom stereocenters. The summed E-state index contributed by atoms with van der Waals surface area (Å²) in [4.78, 5) is 33.7. The number of hydrogen-bond acceptors (Lipinski definition) is 12. The van der Waals surface area contributed by atoms with Gasteiger partial charge in [0.2, 0.25) is 5.82 Å². The SMILES string of the molecule is N/C(=C\c1ncccn1)C(=O)NCC#Cc1nccc(N2CC3CC2CN3c2cc(-c3ccccc3O)nnc2N)n1. The van der Waals surface area contributed by atoms with E-state index in [1.807, 2.05) is 18.2 Å². The fourth-order valence-electron chi connectivity index (χ4n) is 5.19. The number of carbonyl (C=O) groups excluding carboxylic acids is 1. The van der Waals surface area contributed by atoms with Crippen LogP contribution in [-0.4, -0.2) is 72.9 Å². The lowest BCUT2D eigenvalue weighted by Gasteiger charge is -2.36. The molecule has 2 aliphatic rings. The van der Waals surface area contributed by atoms with Crippen LogP contribution in [0.3, 0.4) is 0 Å². The van der Waals surface area contributed by atoms with E-state index in [4.69, 9.17) is 11.5 Å². The van der Waals surface area contributed by atoms with Crippen LogP contribution in [0.4, 0.5) is 17.3 Å². The number of nitrogens with zero attached hydrogens (tertiary/aromatic N) is 8. The summed E-state index contributed by atoms with van der Waals surface area (Å²) in [6.45, 7) is 1.56. The van der Waals surface area contributed by atoms with Gasteiger partial charge in [0, 0.05) is 49.4 Å². The zero-order chi connectivity index (χ0) is 29.1. The Kier molecular flexibility index (Phi) is 7.17. The van der Waals surface area contributed by atoms with Crippen molar-refractivity contribution in [1.29, 1.82) is 0 Å². The molecule has 2 aliphatic heterocycles. The number of anilines is 3.